The van der Waals surface area contributed by atoms with Gasteiger partial charge < -0.3 is 0 Å². The SMILES string of the molecule is CC(C)(C)N1CC2CC1CN2C(C)(C)C(C)(C)C. The van der Waals surface area contributed by atoms with Gasteiger partial charge in [-0.25, -0.2) is 0 Å². The van der Waals surface area contributed by atoms with E-state index in [9.17, 15) is 0 Å². The topological polar surface area (TPSA) is 6.48 Å². The number of hydrogen-bond acceptors (Lipinski definition) is 2. The summed E-state index contributed by atoms with van der Waals surface area (Å²) in [6.45, 7) is 21.6. The molecule has 2 nitrogen and oxygen atoms in total. The lowest BCUT2D eigenvalue weighted by Gasteiger charge is -2.52. The van der Waals surface area contributed by atoms with Gasteiger partial charge in [-0.15, -0.1) is 0 Å². The molecule has 0 saturated carbocycles. The number of fused-ring (bicyclic) bond motifs is 2. The third-order valence-electron chi connectivity index (χ3n) is 5.66. The van der Waals surface area contributed by atoms with Crippen molar-refractivity contribution in [1.29, 1.82) is 0 Å². The van der Waals surface area contributed by atoms with Gasteiger partial charge in [-0.3, -0.25) is 9.80 Å². The molecule has 2 heteroatoms. The van der Waals surface area contributed by atoms with E-state index in [0.717, 1.165) is 12.1 Å². The average Bonchev–Trinajstić information content (AvgIpc) is 2.72. The van der Waals surface area contributed by atoms with Crippen LogP contribution in [-0.2, 0) is 0 Å². The van der Waals surface area contributed by atoms with Gasteiger partial charge in [0.2, 0.25) is 0 Å². The van der Waals surface area contributed by atoms with E-state index in [4.69, 9.17) is 0 Å². The zero-order valence-corrected chi connectivity index (χ0v) is 13.7. The molecule has 2 saturated heterocycles. The summed E-state index contributed by atoms with van der Waals surface area (Å²) in [5.74, 6) is 0. The molecule has 2 aliphatic rings. The molecule has 2 atom stereocenters. The van der Waals surface area contributed by atoms with E-state index >= 15 is 0 Å². The summed E-state index contributed by atoms with van der Waals surface area (Å²) in [6.07, 6.45) is 1.37. The lowest BCUT2D eigenvalue weighted by molar-refractivity contribution is -0.0346. The minimum absolute atomic E-state index is 0.288. The molecule has 2 unspecified atom stereocenters. The number of likely N-dealkylation sites (tertiary alicyclic amines) is 2. The normalized spacial score (nSPS) is 31.3. The minimum Gasteiger partial charge on any atom is -0.293 e. The molecule has 0 aliphatic carbocycles. The fourth-order valence-corrected chi connectivity index (χ4v) is 3.60. The van der Waals surface area contributed by atoms with Gasteiger partial charge in [0.15, 0.2) is 0 Å². The van der Waals surface area contributed by atoms with Gasteiger partial charge in [-0.2, -0.15) is 0 Å². The summed E-state index contributed by atoms with van der Waals surface area (Å²) in [5, 5.41) is 0. The Morgan fingerprint density at radius 3 is 1.50 bits per heavy atom. The van der Waals surface area contributed by atoms with E-state index in [0.29, 0.717) is 11.0 Å². The Morgan fingerprint density at radius 2 is 1.17 bits per heavy atom. The molecule has 2 heterocycles. The van der Waals surface area contributed by atoms with Crippen LogP contribution in [0, 0.1) is 5.41 Å². The molecule has 2 aliphatic heterocycles. The summed E-state index contributed by atoms with van der Waals surface area (Å²) in [7, 11) is 0. The fourth-order valence-electron chi connectivity index (χ4n) is 3.60. The standard InChI is InChI=1S/C16H32N2/c1-14(2,3)16(7,8)18-11-12-9-13(18)10-17(12)15(4,5)6/h12-13H,9-11H2,1-8H3. The Kier molecular flexibility index (Phi) is 3.15. The first-order chi connectivity index (χ1) is 7.94. The summed E-state index contributed by atoms with van der Waals surface area (Å²) < 4.78 is 0. The molecule has 2 fully saturated rings. The Bertz CT molecular complexity index is 319. The van der Waals surface area contributed by atoms with E-state index in [-0.39, 0.29) is 5.54 Å². The average molecular weight is 252 g/mol. The van der Waals surface area contributed by atoms with Gasteiger partial charge in [-0.05, 0) is 46.5 Å². The maximum Gasteiger partial charge on any atom is 0.0245 e. The predicted molar refractivity (Wildman–Crippen MR) is 78.9 cm³/mol. The van der Waals surface area contributed by atoms with E-state index < -0.39 is 0 Å². The van der Waals surface area contributed by atoms with Crippen LogP contribution >= 0.6 is 0 Å². The largest absolute Gasteiger partial charge is 0.293 e. The van der Waals surface area contributed by atoms with E-state index in [1.807, 2.05) is 0 Å². The van der Waals surface area contributed by atoms with Crippen LogP contribution in [0.3, 0.4) is 0 Å². The quantitative estimate of drug-likeness (QED) is 0.706. The van der Waals surface area contributed by atoms with E-state index in [2.05, 4.69) is 65.2 Å². The van der Waals surface area contributed by atoms with Crippen molar-refractivity contribution >= 4 is 0 Å². The minimum atomic E-state index is 0.288. The van der Waals surface area contributed by atoms with Crippen molar-refractivity contribution in [2.45, 2.75) is 85.0 Å². The third-order valence-corrected chi connectivity index (χ3v) is 5.66. The molecule has 2 bridgehead atoms. The highest BCUT2D eigenvalue weighted by Gasteiger charge is 2.53. The van der Waals surface area contributed by atoms with Crippen LogP contribution in [0.25, 0.3) is 0 Å². The van der Waals surface area contributed by atoms with Crippen LogP contribution in [0.1, 0.15) is 61.8 Å². The Labute approximate surface area is 114 Å². The van der Waals surface area contributed by atoms with Gasteiger partial charge >= 0.3 is 0 Å². The van der Waals surface area contributed by atoms with Gasteiger partial charge in [0.05, 0.1) is 0 Å². The highest BCUT2D eigenvalue weighted by Crippen LogP contribution is 2.44. The third kappa shape index (κ3) is 2.12. The zero-order chi connectivity index (χ0) is 13.9. The van der Waals surface area contributed by atoms with Crippen molar-refractivity contribution in [2.24, 2.45) is 5.41 Å². The van der Waals surface area contributed by atoms with Crippen LogP contribution in [0.15, 0.2) is 0 Å². The number of piperazine rings is 1. The molecule has 0 radical (unpaired) electrons. The number of rotatable bonds is 1. The summed E-state index contributed by atoms with van der Waals surface area (Å²) in [4.78, 5) is 5.49. The van der Waals surface area contributed by atoms with Gasteiger partial charge in [0.25, 0.3) is 0 Å². The van der Waals surface area contributed by atoms with E-state index in [1.54, 1.807) is 0 Å². The molecule has 0 N–H and O–H groups in total. The number of hydrogen-bond donors (Lipinski definition) is 0. The van der Waals surface area contributed by atoms with Gasteiger partial charge in [0.1, 0.15) is 0 Å². The van der Waals surface area contributed by atoms with Crippen molar-refractivity contribution in [3.8, 4) is 0 Å². The molecule has 2 rings (SSSR count). The van der Waals surface area contributed by atoms with Crippen LogP contribution in [0.2, 0.25) is 0 Å². The maximum atomic E-state index is 2.78. The molecule has 0 aromatic heterocycles. The molecule has 18 heavy (non-hydrogen) atoms. The fraction of sp³-hybridized carbons (Fsp3) is 1.00. The summed E-state index contributed by atoms with van der Waals surface area (Å²) in [6, 6.07) is 1.54. The van der Waals surface area contributed by atoms with Gasteiger partial charge in [0, 0.05) is 36.3 Å². The van der Waals surface area contributed by atoms with E-state index in [1.165, 1.54) is 19.5 Å². The van der Waals surface area contributed by atoms with Crippen molar-refractivity contribution < 1.29 is 0 Å². The smallest absolute Gasteiger partial charge is 0.0245 e. The summed E-state index contributed by atoms with van der Waals surface area (Å²) >= 11 is 0. The van der Waals surface area contributed by atoms with Crippen molar-refractivity contribution in [3.63, 3.8) is 0 Å². The second-order valence-electron chi connectivity index (χ2n) is 8.83. The molecule has 0 aromatic rings. The highest BCUT2D eigenvalue weighted by atomic mass is 15.4. The highest BCUT2D eigenvalue weighted by molar-refractivity contribution is 5.09. The molecule has 106 valence electrons. The molecular formula is C16H32N2. The van der Waals surface area contributed by atoms with Crippen molar-refractivity contribution in [1.82, 2.24) is 9.80 Å². The molecular weight excluding hydrogens is 220 g/mol. The first-order valence-electron chi connectivity index (χ1n) is 7.48. The Morgan fingerprint density at radius 1 is 0.722 bits per heavy atom. The van der Waals surface area contributed by atoms with Gasteiger partial charge in [-0.1, -0.05) is 20.8 Å². The van der Waals surface area contributed by atoms with Crippen molar-refractivity contribution in [2.75, 3.05) is 13.1 Å². The zero-order valence-electron chi connectivity index (χ0n) is 13.7. The molecule has 0 amide bonds. The predicted octanol–water partition coefficient (Wildman–Crippen LogP) is 3.37. The van der Waals surface area contributed by atoms with Crippen LogP contribution in [-0.4, -0.2) is 46.1 Å². The first-order valence-corrected chi connectivity index (χ1v) is 7.48. The maximum absolute atomic E-state index is 2.78. The molecule has 0 spiro atoms. The lowest BCUT2D eigenvalue weighted by atomic mass is 9.74. The second-order valence-corrected chi connectivity index (χ2v) is 8.83. The first kappa shape index (κ1) is 14.3. The second kappa shape index (κ2) is 3.96. The lowest BCUT2D eigenvalue weighted by Crippen LogP contribution is -2.61. The van der Waals surface area contributed by atoms with Crippen molar-refractivity contribution in [3.05, 3.63) is 0 Å². The number of nitrogens with zero attached hydrogens (tertiary/aromatic N) is 2. The van der Waals surface area contributed by atoms with Crippen LogP contribution in [0.4, 0.5) is 0 Å². The molecule has 0 aromatic carbocycles. The Balaban J connectivity index is 2.13. The van der Waals surface area contributed by atoms with Crippen LogP contribution in [0.5, 0.6) is 0 Å². The summed E-state index contributed by atoms with van der Waals surface area (Å²) in [5.41, 5.74) is 0.956. The van der Waals surface area contributed by atoms with Crippen LogP contribution < -0.4 is 0 Å². The Hall–Kier alpha value is -0.0800. The monoisotopic (exact) mass is 252 g/mol.